The van der Waals surface area contributed by atoms with E-state index in [-0.39, 0.29) is 17.9 Å². The summed E-state index contributed by atoms with van der Waals surface area (Å²) < 4.78 is 5.14. The number of aliphatic hydroxyl groups is 1. The summed E-state index contributed by atoms with van der Waals surface area (Å²) >= 11 is 0. The highest BCUT2D eigenvalue weighted by atomic mass is 16.5. The van der Waals surface area contributed by atoms with Gasteiger partial charge in [-0.1, -0.05) is 32.3 Å². The Morgan fingerprint density at radius 3 is 2.80 bits per heavy atom. The van der Waals surface area contributed by atoms with Crippen molar-refractivity contribution in [2.45, 2.75) is 58.4 Å². The van der Waals surface area contributed by atoms with Gasteiger partial charge in [-0.05, 0) is 24.7 Å². The lowest BCUT2D eigenvalue weighted by Crippen LogP contribution is -2.57. The van der Waals surface area contributed by atoms with E-state index in [9.17, 15) is 9.90 Å². The van der Waals surface area contributed by atoms with Crippen molar-refractivity contribution in [2.75, 3.05) is 6.61 Å². The van der Waals surface area contributed by atoms with Crippen molar-refractivity contribution in [3.05, 3.63) is 17.5 Å². The molecular weight excluding hydrogens is 256 g/mol. The lowest BCUT2D eigenvalue weighted by molar-refractivity contribution is 0.0570. The highest BCUT2D eigenvalue weighted by Gasteiger charge is 2.49. The smallest absolute Gasteiger partial charge is 0.274 e. The van der Waals surface area contributed by atoms with Crippen molar-refractivity contribution in [1.82, 2.24) is 10.5 Å². The minimum atomic E-state index is -0.562. The molecule has 1 unspecified atom stereocenters. The summed E-state index contributed by atoms with van der Waals surface area (Å²) in [5.74, 6) is 0.460. The van der Waals surface area contributed by atoms with Crippen LogP contribution in [-0.4, -0.2) is 28.3 Å². The first kappa shape index (κ1) is 15.0. The molecule has 1 heterocycles. The molecule has 5 nitrogen and oxygen atoms in total. The van der Waals surface area contributed by atoms with Gasteiger partial charge in [-0.25, -0.2) is 0 Å². The Morgan fingerprint density at radius 2 is 2.25 bits per heavy atom. The average Bonchev–Trinajstić information content (AvgIpc) is 2.96. The highest BCUT2D eigenvalue weighted by molar-refractivity contribution is 5.92. The highest BCUT2D eigenvalue weighted by Crippen LogP contribution is 2.45. The van der Waals surface area contributed by atoms with E-state index in [4.69, 9.17) is 4.52 Å². The molecule has 1 saturated carbocycles. The number of carbonyl (C=O) groups is 1. The van der Waals surface area contributed by atoms with Gasteiger partial charge in [-0.15, -0.1) is 0 Å². The van der Waals surface area contributed by atoms with Gasteiger partial charge in [-0.3, -0.25) is 4.79 Å². The molecule has 1 aliphatic carbocycles. The maximum Gasteiger partial charge on any atom is 0.274 e. The topological polar surface area (TPSA) is 75.4 Å². The third-order valence-electron chi connectivity index (χ3n) is 4.61. The largest absolute Gasteiger partial charge is 0.394 e. The minimum absolute atomic E-state index is 0.0502. The number of rotatable bonds is 5. The summed E-state index contributed by atoms with van der Waals surface area (Å²) in [6, 6.07) is 1.69. The van der Waals surface area contributed by atoms with Gasteiger partial charge < -0.3 is 14.9 Å². The second kappa shape index (κ2) is 5.56. The second-order valence-corrected chi connectivity index (χ2v) is 6.36. The molecular formula is C15H24N2O3. The molecule has 1 amide bonds. The molecule has 1 aromatic rings. The predicted molar refractivity (Wildman–Crippen MR) is 75.4 cm³/mol. The van der Waals surface area contributed by atoms with Crippen molar-refractivity contribution in [3.8, 4) is 0 Å². The Balaban J connectivity index is 2.13. The average molecular weight is 280 g/mol. The molecule has 2 N–H and O–H groups in total. The molecule has 1 atom stereocenters. The number of hydrogen-bond donors (Lipinski definition) is 2. The number of nitrogens with one attached hydrogen (secondary N) is 1. The third kappa shape index (κ3) is 2.59. The van der Waals surface area contributed by atoms with Crippen molar-refractivity contribution in [1.29, 1.82) is 0 Å². The molecule has 20 heavy (non-hydrogen) atoms. The van der Waals surface area contributed by atoms with Crippen LogP contribution in [0.2, 0.25) is 0 Å². The van der Waals surface area contributed by atoms with E-state index in [2.05, 4.69) is 24.3 Å². The summed E-state index contributed by atoms with van der Waals surface area (Å²) in [6.07, 6.45) is 4.52. The summed E-state index contributed by atoms with van der Waals surface area (Å²) in [4.78, 5) is 12.3. The molecule has 1 aromatic heterocycles. The summed E-state index contributed by atoms with van der Waals surface area (Å²) in [5.41, 5.74) is -0.384. The van der Waals surface area contributed by atoms with Crippen molar-refractivity contribution in [2.24, 2.45) is 5.41 Å². The first-order chi connectivity index (χ1) is 9.44. The molecule has 1 aliphatic rings. The van der Waals surface area contributed by atoms with Gasteiger partial charge in [0.1, 0.15) is 5.76 Å². The number of nitrogens with zero attached hydrogens (tertiary/aromatic N) is 1. The van der Waals surface area contributed by atoms with E-state index in [1.54, 1.807) is 6.07 Å². The quantitative estimate of drug-likeness (QED) is 0.867. The van der Waals surface area contributed by atoms with Crippen LogP contribution in [0.25, 0.3) is 0 Å². The Morgan fingerprint density at radius 1 is 1.50 bits per heavy atom. The Kier molecular flexibility index (Phi) is 4.18. The molecule has 0 aromatic carbocycles. The van der Waals surface area contributed by atoms with Gasteiger partial charge in [-0.2, -0.15) is 0 Å². The van der Waals surface area contributed by atoms with Crippen LogP contribution in [0.5, 0.6) is 0 Å². The standard InChI is InChI=1S/C15H24N2O3/c1-4-6-11-9-12(17-20-11)13(19)16-15(10-18)8-5-7-14(15,2)3/h9,18H,4-8,10H2,1-3H3,(H,16,19). The van der Waals surface area contributed by atoms with Gasteiger partial charge in [0.15, 0.2) is 5.69 Å². The van der Waals surface area contributed by atoms with Gasteiger partial charge in [0.05, 0.1) is 12.1 Å². The lowest BCUT2D eigenvalue weighted by atomic mass is 9.75. The third-order valence-corrected chi connectivity index (χ3v) is 4.61. The fraction of sp³-hybridized carbons (Fsp3) is 0.733. The number of hydrogen-bond acceptors (Lipinski definition) is 4. The van der Waals surface area contributed by atoms with E-state index < -0.39 is 5.54 Å². The zero-order chi connectivity index (χ0) is 14.8. The predicted octanol–water partition coefficient (Wildman–Crippen LogP) is 2.30. The fourth-order valence-electron chi connectivity index (χ4n) is 3.04. The summed E-state index contributed by atoms with van der Waals surface area (Å²) in [6.45, 7) is 6.17. The van der Waals surface area contributed by atoms with Crippen LogP contribution in [0.3, 0.4) is 0 Å². The normalized spacial score (nSPS) is 24.8. The fourth-order valence-corrected chi connectivity index (χ4v) is 3.04. The van der Waals surface area contributed by atoms with Crippen LogP contribution < -0.4 is 5.32 Å². The maximum atomic E-state index is 12.3. The Bertz CT molecular complexity index is 481. The van der Waals surface area contributed by atoms with Crippen LogP contribution in [0.1, 0.15) is 62.7 Å². The number of carbonyl (C=O) groups excluding carboxylic acids is 1. The van der Waals surface area contributed by atoms with Crippen LogP contribution in [-0.2, 0) is 6.42 Å². The Hall–Kier alpha value is -1.36. The summed E-state index contributed by atoms with van der Waals surface area (Å²) in [7, 11) is 0. The molecule has 0 saturated heterocycles. The molecule has 0 aliphatic heterocycles. The number of aryl methyl sites for hydroxylation is 1. The maximum absolute atomic E-state index is 12.3. The van der Waals surface area contributed by atoms with Gasteiger partial charge in [0.2, 0.25) is 0 Å². The van der Waals surface area contributed by atoms with Crippen molar-refractivity contribution in [3.63, 3.8) is 0 Å². The van der Waals surface area contributed by atoms with E-state index >= 15 is 0 Å². The molecule has 2 rings (SSSR count). The van der Waals surface area contributed by atoms with Gasteiger partial charge in [0, 0.05) is 12.5 Å². The molecule has 5 heteroatoms. The van der Waals surface area contributed by atoms with Crippen LogP contribution in [0.15, 0.2) is 10.6 Å². The van der Waals surface area contributed by atoms with Crippen LogP contribution >= 0.6 is 0 Å². The number of aromatic nitrogens is 1. The van der Waals surface area contributed by atoms with Gasteiger partial charge in [0.25, 0.3) is 5.91 Å². The zero-order valence-electron chi connectivity index (χ0n) is 12.5. The molecule has 0 bridgehead atoms. The van der Waals surface area contributed by atoms with E-state index in [0.717, 1.165) is 37.9 Å². The molecule has 0 radical (unpaired) electrons. The number of aliphatic hydroxyl groups excluding tert-OH is 1. The Labute approximate surface area is 119 Å². The minimum Gasteiger partial charge on any atom is -0.394 e. The SMILES string of the molecule is CCCc1cc(C(=O)NC2(CO)CCCC2(C)C)no1. The summed E-state index contributed by atoms with van der Waals surface area (Å²) in [5, 5.41) is 16.6. The van der Waals surface area contributed by atoms with Gasteiger partial charge >= 0.3 is 0 Å². The first-order valence-electron chi connectivity index (χ1n) is 7.33. The zero-order valence-corrected chi connectivity index (χ0v) is 12.5. The van der Waals surface area contributed by atoms with Crippen LogP contribution in [0, 0.1) is 5.41 Å². The first-order valence-corrected chi connectivity index (χ1v) is 7.33. The van der Waals surface area contributed by atoms with E-state index in [0.29, 0.717) is 5.69 Å². The number of amides is 1. The molecule has 112 valence electrons. The second-order valence-electron chi connectivity index (χ2n) is 6.36. The molecule has 0 spiro atoms. The van der Waals surface area contributed by atoms with Crippen molar-refractivity contribution < 1.29 is 14.4 Å². The van der Waals surface area contributed by atoms with E-state index in [1.165, 1.54) is 0 Å². The van der Waals surface area contributed by atoms with E-state index in [1.807, 2.05) is 6.92 Å². The van der Waals surface area contributed by atoms with Crippen molar-refractivity contribution >= 4 is 5.91 Å². The molecule has 1 fully saturated rings. The van der Waals surface area contributed by atoms with Crippen LogP contribution in [0.4, 0.5) is 0 Å². The lowest BCUT2D eigenvalue weighted by Gasteiger charge is -2.40. The monoisotopic (exact) mass is 280 g/mol.